The Kier molecular flexibility index (Phi) is 28.8. The van der Waals surface area contributed by atoms with Crippen molar-refractivity contribution in [3.63, 3.8) is 0 Å². The highest BCUT2D eigenvalue weighted by Gasteiger charge is 2.41. The van der Waals surface area contributed by atoms with Crippen LogP contribution in [0.3, 0.4) is 0 Å². The summed E-state index contributed by atoms with van der Waals surface area (Å²) in [7, 11) is 0. The van der Waals surface area contributed by atoms with Crippen LogP contribution in [0.25, 0.3) is 0 Å². The Balaban J connectivity index is 1.64. The van der Waals surface area contributed by atoms with Crippen molar-refractivity contribution in [1.82, 2.24) is 42.1 Å². The molecule has 28 nitrogen and oxygen atoms in total. The third kappa shape index (κ3) is 24.7. The summed E-state index contributed by atoms with van der Waals surface area (Å²) in [6, 6.07) is 4.66. The number of phenolic OH excluding ortho intramolecular Hbond substituents is 1. The molecule has 2 aromatic carbocycles. The highest BCUT2D eigenvalue weighted by molar-refractivity contribution is 5.99. The molecule has 0 bridgehead atoms. The zero-order chi connectivity index (χ0) is 62.6. The third-order valence-corrected chi connectivity index (χ3v) is 14.6. The lowest BCUT2D eigenvalue weighted by molar-refractivity contribution is -0.142. The van der Waals surface area contributed by atoms with E-state index in [0.29, 0.717) is 17.5 Å². The number of phenols is 1. The molecule has 0 radical (unpaired) electrons. The highest BCUT2D eigenvalue weighted by atomic mass is 16.3. The van der Waals surface area contributed by atoms with E-state index in [1.807, 2.05) is 13.8 Å². The molecule has 0 aromatic heterocycles. The first-order valence-electron chi connectivity index (χ1n) is 29.1. The number of amides is 10. The minimum absolute atomic E-state index is 0.00887. The molecule has 468 valence electrons. The molecule has 10 amide bonds. The number of primary amides is 2. The number of guanidine groups is 2. The Morgan fingerprint density at radius 3 is 1.65 bits per heavy atom. The molecule has 0 spiro atoms. The maximum atomic E-state index is 14.8. The summed E-state index contributed by atoms with van der Waals surface area (Å²) in [6.45, 7) is 3.89. The van der Waals surface area contributed by atoms with E-state index in [-0.39, 0.29) is 120 Å². The second-order valence-corrected chi connectivity index (χ2v) is 22.1. The van der Waals surface area contributed by atoms with Crippen molar-refractivity contribution in [1.29, 1.82) is 0 Å². The molecule has 1 saturated carbocycles. The quantitative estimate of drug-likeness (QED) is 0.0191. The Bertz CT molecular complexity index is 2630. The number of nitrogens with zero attached hydrogens (tertiary/aromatic N) is 3. The van der Waals surface area contributed by atoms with Gasteiger partial charge >= 0.3 is 0 Å². The molecule has 2 aliphatic rings. The monoisotopic (exact) mass is 1190 g/mol. The van der Waals surface area contributed by atoms with Crippen molar-refractivity contribution in [3.05, 3.63) is 65.7 Å². The predicted molar refractivity (Wildman–Crippen MR) is 317 cm³/mol. The van der Waals surface area contributed by atoms with Gasteiger partial charge in [-0.2, -0.15) is 0 Å². The Morgan fingerprint density at radius 1 is 0.576 bits per heavy atom. The number of benzene rings is 2. The number of carbonyl (C=O) groups is 10. The summed E-state index contributed by atoms with van der Waals surface area (Å²) >= 11 is 0. The van der Waals surface area contributed by atoms with Crippen molar-refractivity contribution < 1.29 is 53.1 Å². The molecular formula is C57H89N17O11. The van der Waals surface area contributed by atoms with Crippen molar-refractivity contribution in [2.45, 2.75) is 171 Å². The Labute approximate surface area is 495 Å². The van der Waals surface area contributed by atoms with Crippen LogP contribution >= 0.6 is 0 Å². The molecule has 1 heterocycles. The zero-order valence-corrected chi connectivity index (χ0v) is 48.7. The lowest BCUT2D eigenvalue weighted by Gasteiger charge is -2.31. The highest BCUT2D eigenvalue weighted by Crippen LogP contribution is 2.28. The lowest BCUT2D eigenvalue weighted by atomic mass is 9.84. The molecular weight excluding hydrogens is 1100 g/mol. The van der Waals surface area contributed by atoms with Crippen molar-refractivity contribution >= 4 is 71.0 Å². The molecule has 2 fully saturated rings. The average molecular weight is 1190 g/mol. The van der Waals surface area contributed by atoms with Crippen LogP contribution in [-0.4, -0.2) is 156 Å². The van der Waals surface area contributed by atoms with E-state index in [4.69, 9.17) is 40.1 Å². The van der Waals surface area contributed by atoms with Gasteiger partial charge in [0, 0.05) is 45.4 Å². The maximum Gasteiger partial charge on any atom is 0.245 e. The van der Waals surface area contributed by atoms with Gasteiger partial charge < -0.3 is 87.4 Å². The topological polar surface area (TPSA) is 485 Å². The van der Waals surface area contributed by atoms with E-state index in [2.05, 4.69) is 47.2 Å². The minimum Gasteiger partial charge on any atom is -0.508 e. The number of likely N-dealkylation sites (tertiary alicyclic amines) is 1. The fraction of sp³-hybridized carbons (Fsp3) is 0.579. The van der Waals surface area contributed by atoms with E-state index in [9.17, 15) is 53.1 Å². The van der Waals surface area contributed by atoms with Crippen LogP contribution in [-0.2, 0) is 60.8 Å². The largest absolute Gasteiger partial charge is 0.508 e. The van der Waals surface area contributed by atoms with Gasteiger partial charge in [-0.3, -0.25) is 57.9 Å². The molecule has 8 atom stereocenters. The van der Waals surface area contributed by atoms with Gasteiger partial charge in [0.2, 0.25) is 59.1 Å². The summed E-state index contributed by atoms with van der Waals surface area (Å²) in [5.74, 6) is -8.15. The molecule has 85 heavy (non-hydrogen) atoms. The Hall–Kier alpha value is -8.56. The van der Waals surface area contributed by atoms with Gasteiger partial charge in [0.1, 0.15) is 54.1 Å². The van der Waals surface area contributed by atoms with Crippen LogP contribution in [0.1, 0.15) is 121 Å². The molecule has 0 unspecified atom stereocenters. The number of aliphatic imine (C=N–C) groups is 2. The standard InChI is InChI=1S/C57H89N17O11/c1-33(2)28-41(71-53(83)44(30-35-14-7-4-8-15-35)73-51(81)42(67-47(77)23-24-58)31-36-19-21-37(75)22-20-36)50(80)72-43(29-34-12-5-3-6-13-34)52(82)69-39(17-10-26-66-57(63)64)55(85)74-27-11-18-45(74)54(84)68-38(16-9-25-65-56(61)62)49(79)70-40(48(60)78)32-46(59)76/h3,5-6,12-13,19-22,33,35,38-45,75H,4,7-11,14-18,23-32,58H2,1-2H3,(H2,59,76)(H2,60,78)(H,67,77)(H,68,84)(H,69,82)(H,70,79)(H,71,83)(H,72,80)(H,73,81)(H4,61,62,65)(H4,63,64,66)/t38-,39-,40-,41-,42-,43-,44-,45-/m0/s1. The Morgan fingerprint density at radius 2 is 1.08 bits per heavy atom. The first kappa shape index (κ1) is 68.9. The zero-order valence-electron chi connectivity index (χ0n) is 48.7. The number of nitrogens with two attached hydrogens (primary N) is 7. The number of carbonyl (C=O) groups excluding carboxylic acids is 10. The molecule has 1 aliphatic carbocycles. The predicted octanol–water partition coefficient (Wildman–Crippen LogP) is -2.60. The molecule has 22 N–H and O–H groups in total. The first-order chi connectivity index (χ1) is 40.4. The van der Waals surface area contributed by atoms with Crippen LogP contribution in [0.4, 0.5) is 0 Å². The minimum atomic E-state index is -1.50. The van der Waals surface area contributed by atoms with Gasteiger partial charge in [-0.1, -0.05) is 88.4 Å². The van der Waals surface area contributed by atoms with E-state index in [0.717, 1.165) is 32.1 Å². The van der Waals surface area contributed by atoms with E-state index in [1.54, 1.807) is 42.5 Å². The summed E-state index contributed by atoms with van der Waals surface area (Å²) in [6.07, 6.45) is 4.81. The molecule has 1 saturated heterocycles. The van der Waals surface area contributed by atoms with Gasteiger partial charge in [-0.15, -0.1) is 0 Å². The van der Waals surface area contributed by atoms with Crippen LogP contribution in [0.2, 0.25) is 0 Å². The second-order valence-electron chi connectivity index (χ2n) is 22.1. The summed E-state index contributed by atoms with van der Waals surface area (Å²) < 4.78 is 0. The SMILES string of the molecule is CC(C)C[C@H](NC(=O)[C@H](CC1CCCCC1)NC(=O)[C@H](Cc1ccc(O)cc1)NC(=O)CCN)C(=O)N[C@@H](Cc1ccccc1)C(=O)N[C@@H](CCCN=C(N)N)C(=O)N1CCC[C@H]1C(=O)N[C@@H](CCCN=C(N)N)C(=O)N[C@@H](CC(N)=O)C(N)=O. The van der Waals surface area contributed by atoms with Gasteiger partial charge in [0.15, 0.2) is 11.9 Å². The number of nitrogens with one attached hydrogen (secondary N) is 7. The van der Waals surface area contributed by atoms with Crippen molar-refractivity contribution in [2.75, 3.05) is 26.2 Å². The normalized spacial score (nSPS) is 16.6. The van der Waals surface area contributed by atoms with Crippen LogP contribution in [0, 0.1) is 11.8 Å². The van der Waals surface area contributed by atoms with Crippen LogP contribution < -0.4 is 77.4 Å². The van der Waals surface area contributed by atoms with Gasteiger partial charge in [-0.25, -0.2) is 0 Å². The van der Waals surface area contributed by atoms with E-state index in [1.165, 1.54) is 17.0 Å². The molecule has 28 heteroatoms. The van der Waals surface area contributed by atoms with Crippen LogP contribution in [0.15, 0.2) is 64.6 Å². The number of hydrogen-bond donors (Lipinski definition) is 15. The summed E-state index contributed by atoms with van der Waals surface area (Å²) in [4.78, 5) is 147. The smallest absolute Gasteiger partial charge is 0.245 e. The first-order valence-corrected chi connectivity index (χ1v) is 29.1. The van der Waals surface area contributed by atoms with Crippen molar-refractivity contribution in [2.24, 2.45) is 62.0 Å². The van der Waals surface area contributed by atoms with Gasteiger partial charge in [0.05, 0.1) is 6.42 Å². The van der Waals surface area contributed by atoms with Gasteiger partial charge in [-0.05, 0) is 86.5 Å². The lowest BCUT2D eigenvalue weighted by Crippen LogP contribution is -2.60. The number of rotatable bonds is 35. The third-order valence-electron chi connectivity index (χ3n) is 14.6. The fourth-order valence-electron chi connectivity index (χ4n) is 10.3. The number of hydrogen-bond acceptors (Lipinski definition) is 14. The van der Waals surface area contributed by atoms with Crippen LogP contribution in [0.5, 0.6) is 5.75 Å². The molecule has 4 rings (SSSR count). The number of aromatic hydroxyl groups is 1. The average Bonchev–Trinajstić information content (AvgIpc) is 3.76. The molecule has 2 aromatic rings. The van der Waals surface area contributed by atoms with Gasteiger partial charge in [0.25, 0.3) is 0 Å². The maximum absolute atomic E-state index is 14.8. The summed E-state index contributed by atoms with van der Waals surface area (Å²) in [5, 5.41) is 29.1. The summed E-state index contributed by atoms with van der Waals surface area (Å²) in [5.41, 5.74) is 39.8. The van der Waals surface area contributed by atoms with Crippen molar-refractivity contribution in [3.8, 4) is 5.75 Å². The fourth-order valence-corrected chi connectivity index (χ4v) is 10.3. The second kappa shape index (κ2) is 35.5. The van der Waals surface area contributed by atoms with E-state index >= 15 is 0 Å². The molecule has 1 aliphatic heterocycles. The van der Waals surface area contributed by atoms with E-state index < -0.39 is 114 Å².